The van der Waals surface area contributed by atoms with Crippen molar-refractivity contribution in [3.63, 3.8) is 0 Å². The molecule has 2 aromatic rings. The summed E-state index contributed by atoms with van der Waals surface area (Å²) in [6.45, 7) is 0. The van der Waals surface area contributed by atoms with Gasteiger partial charge in [0.2, 0.25) is 5.78 Å². The third-order valence-corrected chi connectivity index (χ3v) is 6.17. The molecule has 0 fully saturated rings. The number of fused-ring (bicyclic) bond motifs is 2. The van der Waals surface area contributed by atoms with E-state index in [4.69, 9.17) is 11.5 Å². The highest BCUT2D eigenvalue weighted by Gasteiger charge is 2.43. The maximum Gasteiger partial charge on any atom is 0.298 e. The highest BCUT2D eigenvalue weighted by molar-refractivity contribution is 7.89. The molecule has 13 nitrogen and oxygen atoms in total. The lowest BCUT2D eigenvalue weighted by Crippen LogP contribution is -2.28. The van der Waals surface area contributed by atoms with Gasteiger partial charge in [0.1, 0.15) is 15.4 Å². The van der Waals surface area contributed by atoms with Crippen molar-refractivity contribution in [2.75, 3.05) is 11.5 Å². The molecule has 0 amide bonds. The Morgan fingerprint density at radius 3 is 1.69 bits per heavy atom. The van der Waals surface area contributed by atoms with Crippen LogP contribution in [0.25, 0.3) is 0 Å². The maximum absolute atomic E-state index is 12.9. The Labute approximate surface area is 161 Å². The first kappa shape index (κ1) is 20.3. The second-order valence-electron chi connectivity index (χ2n) is 5.80. The van der Waals surface area contributed by atoms with Crippen molar-refractivity contribution >= 4 is 48.9 Å². The minimum Gasteiger partial charge on any atom is -0.397 e. The number of nitro benzene ring substituents is 1. The molecule has 152 valence electrons. The van der Waals surface area contributed by atoms with E-state index in [1.54, 1.807) is 0 Å². The van der Waals surface area contributed by atoms with Crippen LogP contribution in [-0.4, -0.2) is 42.4 Å². The van der Waals surface area contributed by atoms with Crippen LogP contribution in [0.1, 0.15) is 31.8 Å². The Morgan fingerprint density at radius 2 is 1.28 bits per heavy atom. The molecule has 0 unspecified atom stereocenters. The number of nitrogens with zero attached hydrogens (tertiary/aromatic N) is 1. The number of carbonyl (C=O) groups is 2. The van der Waals surface area contributed by atoms with E-state index in [2.05, 4.69) is 0 Å². The van der Waals surface area contributed by atoms with Crippen LogP contribution < -0.4 is 11.5 Å². The van der Waals surface area contributed by atoms with E-state index in [0.29, 0.717) is 0 Å². The number of nitro groups is 1. The Morgan fingerprint density at radius 1 is 0.828 bits per heavy atom. The number of hydrogen-bond acceptors (Lipinski definition) is 10. The summed E-state index contributed by atoms with van der Waals surface area (Å²) in [5, 5.41) is 11.2. The smallest absolute Gasteiger partial charge is 0.298 e. The third-order valence-electron chi connectivity index (χ3n) is 4.17. The zero-order valence-electron chi connectivity index (χ0n) is 13.8. The van der Waals surface area contributed by atoms with Gasteiger partial charge in [0.25, 0.3) is 25.9 Å². The molecule has 1 aliphatic carbocycles. The van der Waals surface area contributed by atoms with Gasteiger partial charge in [-0.1, -0.05) is 6.07 Å². The van der Waals surface area contributed by atoms with Crippen molar-refractivity contribution in [3.8, 4) is 0 Å². The Hall–Kier alpha value is -3.40. The van der Waals surface area contributed by atoms with Crippen molar-refractivity contribution in [2.45, 2.75) is 9.79 Å². The summed E-state index contributed by atoms with van der Waals surface area (Å²) in [7, 11) is -10.9. The summed E-state index contributed by atoms with van der Waals surface area (Å²) >= 11 is 0. The van der Waals surface area contributed by atoms with E-state index >= 15 is 0 Å². The maximum atomic E-state index is 12.9. The van der Waals surface area contributed by atoms with E-state index in [0.717, 1.165) is 18.2 Å². The molecule has 29 heavy (non-hydrogen) atoms. The molecular weight excluding hydrogens is 434 g/mol. The molecule has 6 N–H and O–H groups in total. The fraction of sp³-hybridized carbons (Fsp3) is 0. The van der Waals surface area contributed by atoms with Gasteiger partial charge in [-0.25, -0.2) is 0 Å². The average molecular weight is 443 g/mol. The molecule has 0 aromatic heterocycles. The molecule has 1 aliphatic rings. The van der Waals surface area contributed by atoms with Gasteiger partial charge in [0, 0.05) is 11.6 Å². The fourth-order valence-electron chi connectivity index (χ4n) is 3.10. The van der Waals surface area contributed by atoms with Crippen LogP contribution in [0.5, 0.6) is 0 Å². The van der Waals surface area contributed by atoms with Crippen LogP contribution >= 0.6 is 0 Å². The molecule has 0 saturated heterocycles. The summed E-state index contributed by atoms with van der Waals surface area (Å²) < 4.78 is 65.6. The molecule has 15 heteroatoms. The quantitative estimate of drug-likeness (QED) is 0.181. The number of ketones is 2. The normalized spacial score (nSPS) is 13.7. The van der Waals surface area contributed by atoms with E-state index in [1.807, 2.05) is 0 Å². The lowest BCUT2D eigenvalue weighted by molar-refractivity contribution is -0.385. The molecular formula is C14H9N3O10S2. The summed E-state index contributed by atoms with van der Waals surface area (Å²) in [5.41, 5.74) is 4.93. The van der Waals surface area contributed by atoms with Gasteiger partial charge in [-0.15, -0.1) is 0 Å². The van der Waals surface area contributed by atoms with Gasteiger partial charge in [0.15, 0.2) is 5.78 Å². The van der Waals surface area contributed by atoms with E-state index in [9.17, 15) is 45.6 Å². The standard InChI is InChI=1S/C14H9N3O10S2/c15-9-7-8(10(16)14(29(25,26)27)13(9)28(22,23)24)12(19)6-4(11(7)18)2-1-3-5(6)17(20)21/h1-3H,15-16H2,(H,22,23,24)(H,25,26,27). The molecule has 0 atom stereocenters. The van der Waals surface area contributed by atoms with E-state index < -0.39 is 85.8 Å². The number of carbonyl (C=O) groups excluding carboxylic acids is 2. The van der Waals surface area contributed by atoms with Crippen LogP contribution in [0.15, 0.2) is 28.0 Å². The largest absolute Gasteiger partial charge is 0.397 e. The van der Waals surface area contributed by atoms with Crippen molar-refractivity contribution in [3.05, 3.63) is 50.6 Å². The number of hydrogen-bond donors (Lipinski definition) is 4. The number of rotatable bonds is 3. The van der Waals surface area contributed by atoms with E-state index in [-0.39, 0.29) is 0 Å². The molecule has 3 rings (SSSR count). The molecule has 0 saturated carbocycles. The summed E-state index contributed by atoms with van der Waals surface area (Å²) in [6.07, 6.45) is 0. The number of anilines is 2. The molecule has 0 bridgehead atoms. The molecule has 2 aromatic carbocycles. The van der Waals surface area contributed by atoms with Crippen molar-refractivity contribution < 1.29 is 40.5 Å². The zero-order valence-corrected chi connectivity index (χ0v) is 15.4. The molecule has 0 heterocycles. The Balaban J connectivity index is 2.61. The summed E-state index contributed by atoms with van der Waals surface area (Å²) in [6, 6.07) is 3.03. The molecule has 0 spiro atoms. The van der Waals surface area contributed by atoms with Crippen LogP contribution in [0.2, 0.25) is 0 Å². The topological polar surface area (TPSA) is 238 Å². The number of nitrogens with two attached hydrogens (primary N) is 2. The van der Waals surface area contributed by atoms with Crippen molar-refractivity contribution in [1.82, 2.24) is 0 Å². The van der Waals surface area contributed by atoms with Gasteiger partial charge >= 0.3 is 0 Å². The predicted octanol–water partition coefficient (Wildman–Crippen LogP) is 0.0280. The number of nitrogen functional groups attached to an aromatic ring is 2. The summed E-state index contributed by atoms with van der Waals surface area (Å²) in [4.78, 5) is 32.8. The van der Waals surface area contributed by atoms with Gasteiger partial charge < -0.3 is 11.5 Å². The van der Waals surface area contributed by atoms with Gasteiger partial charge in [0.05, 0.1) is 27.4 Å². The second-order valence-corrected chi connectivity index (χ2v) is 8.52. The first-order chi connectivity index (χ1) is 13.2. The van der Waals surface area contributed by atoms with Gasteiger partial charge in [-0.2, -0.15) is 16.8 Å². The van der Waals surface area contributed by atoms with Crippen molar-refractivity contribution in [1.29, 1.82) is 0 Å². The zero-order chi connectivity index (χ0) is 22.0. The first-order valence-corrected chi connectivity index (χ1v) is 10.1. The fourth-order valence-corrected chi connectivity index (χ4v) is 5.18. The Kier molecular flexibility index (Phi) is 4.24. The highest BCUT2D eigenvalue weighted by Crippen LogP contribution is 2.44. The lowest BCUT2D eigenvalue weighted by atomic mass is 9.81. The van der Waals surface area contributed by atoms with Gasteiger partial charge in [-0.05, 0) is 6.07 Å². The second kappa shape index (κ2) is 6.05. The van der Waals surface area contributed by atoms with Crippen LogP contribution in [-0.2, 0) is 20.2 Å². The van der Waals surface area contributed by atoms with Crippen molar-refractivity contribution in [2.24, 2.45) is 0 Å². The SMILES string of the molecule is Nc1c2c(c(N)c(S(=O)(=O)O)c1S(=O)(=O)O)C(=O)c1c(cccc1[N+](=O)[O-])C2=O. The Bertz CT molecular complexity index is 1380. The molecule has 0 radical (unpaired) electrons. The summed E-state index contributed by atoms with van der Waals surface area (Å²) in [5.74, 6) is -2.47. The van der Waals surface area contributed by atoms with Crippen LogP contribution in [0, 0.1) is 10.1 Å². The number of benzene rings is 2. The third kappa shape index (κ3) is 2.83. The minimum absolute atomic E-state index is 0.510. The molecule has 0 aliphatic heterocycles. The average Bonchev–Trinajstić information content (AvgIpc) is 2.58. The van der Waals surface area contributed by atoms with Gasteiger partial charge in [-0.3, -0.25) is 28.8 Å². The minimum atomic E-state index is -5.49. The van der Waals surface area contributed by atoms with Crippen LogP contribution in [0.3, 0.4) is 0 Å². The highest BCUT2D eigenvalue weighted by atomic mass is 32.2. The first-order valence-electron chi connectivity index (χ1n) is 7.26. The lowest BCUT2D eigenvalue weighted by Gasteiger charge is -2.23. The predicted molar refractivity (Wildman–Crippen MR) is 94.9 cm³/mol. The van der Waals surface area contributed by atoms with E-state index in [1.165, 1.54) is 0 Å². The van der Waals surface area contributed by atoms with Crippen LogP contribution in [0.4, 0.5) is 17.1 Å². The monoisotopic (exact) mass is 443 g/mol.